The Morgan fingerprint density at radius 1 is 0.700 bits per heavy atom. The maximum Gasteiger partial charge on any atom is 0.0840 e. The number of fused-ring (bicyclic) bond motifs is 1. The Balaban J connectivity index is 1.90. The van der Waals surface area contributed by atoms with Crippen molar-refractivity contribution >= 4 is 0 Å². The molecule has 2 aliphatic rings. The maximum absolute atomic E-state index is 6.05. The fraction of sp³-hybridized carbons (Fsp3) is 1.00. The summed E-state index contributed by atoms with van der Waals surface area (Å²) in [6, 6.07) is 0. The van der Waals surface area contributed by atoms with E-state index >= 15 is 0 Å². The lowest BCUT2D eigenvalue weighted by atomic mass is 9.71. The first-order chi connectivity index (χ1) is 9.57. The van der Waals surface area contributed by atoms with Gasteiger partial charge in [-0.05, 0) is 30.6 Å². The highest BCUT2D eigenvalue weighted by Crippen LogP contribution is 2.39. The number of ether oxygens (including phenoxy) is 4. The standard InChI is InChI=1S/C16H30O4/c1-16(2,3)13-4-5-14-15(12-13)20-11-9-18-7-6-17-8-10-19-14/h13-15H,4-12H2,1-3H3/t13-,14+,15-/m1/s1. The van der Waals surface area contributed by atoms with Gasteiger partial charge in [-0.2, -0.15) is 0 Å². The van der Waals surface area contributed by atoms with Crippen molar-refractivity contribution in [3.05, 3.63) is 0 Å². The first-order valence-electron chi connectivity index (χ1n) is 7.96. The maximum atomic E-state index is 6.05. The summed E-state index contributed by atoms with van der Waals surface area (Å²) in [5.41, 5.74) is 0.345. The summed E-state index contributed by atoms with van der Waals surface area (Å²) in [6.45, 7) is 10.9. The average Bonchev–Trinajstić information content (AvgIpc) is 2.38. The molecule has 1 aliphatic carbocycles. The molecule has 3 atom stereocenters. The van der Waals surface area contributed by atoms with Crippen LogP contribution in [0, 0.1) is 11.3 Å². The molecule has 4 nitrogen and oxygen atoms in total. The summed E-state index contributed by atoms with van der Waals surface area (Å²) < 4.78 is 23.0. The normalized spacial score (nSPS) is 34.6. The third-order valence-electron chi connectivity index (χ3n) is 4.45. The van der Waals surface area contributed by atoms with Crippen LogP contribution in [0.5, 0.6) is 0 Å². The molecule has 0 aromatic rings. The van der Waals surface area contributed by atoms with Gasteiger partial charge in [0.25, 0.3) is 0 Å². The molecule has 1 saturated carbocycles. The Bertz CT molecular complexity index is 274. The van der Waals surface area contributed by atoms with Gasteiger partial charge in [0.1, 0.15) is 0 Å². The van der Waals surface area contributed by atoms with E-state index in [1.807, 2.05) is 0 Å². The Kier molecular flexibility index (Phi) is 6.27. The van der Waals surface area contributed by atoms with E-state index in [2.05, 4.69) is 20.8 Å². The van der Waals surface area contributed by atoms with Crippen LogP contribution in [0.1, 0.15) is 40.0 Å². The summed E-state index contributed by atoms with van der Waals surface area (Å²) in [4.78, 5) is 0. The molecule has 2 rings (SSSR count). The lowest BCUT2D eigenvalue weighted by Gasteiger charge is -2.41. The molecule has 1 aliphatic heterocycles. The van der Waals surface area contributed by atoms with Crippen molar-refractivity contribution in [2.75, 3.05) is 39.6 Å². The second kappa shape index (κ2) is 7.74. The van der Waals surface area contributed by atoms with Gasteiger partial charge in [-0.1, -0.05) is 20.8 Å². The second-order valence-corrected chi connectivity index (χ2v) is 6.92. The summed E-state index contributed by atoms with van der Waals surface area (Å²) in [6.07, 6.45) is 3.83. The monoisotopic (exact) mass is 286 g/mol. The van der Waals surface area contributed by atoms with Crippen molar-refractivity contribution in [3.8, 4) is 0 Å². The molecule has 1 saturated heterocycles. The van der Waals surface area contributed by atoms with Gasteiger partial charge < -0.3 is 18.9 Å². The largest absolute Gasteiger partial charge is 0.377 e. The lowest BCUT2D eigenvalue weighted by molar-refractivity contribution is -0.133. The van der Waals surface area contributed by atoms with E-state index in [9.17, 15) is 0 Å². The van der Waals surface area contributed by atoms with E-state index in [-0.39, 0.29) is 12.2 Å². The topological polar surface area (TPSA) is 36.9 Å². The quantitative estimate of drug-likeness (QED) is 0.686. The molecule has 118 valence electrons. The molecule has 2 fully saturated rings. The number of hydrogen-bond donors (Lipinski definition) is 0. The molecular formula is C16H30O4. The molecule has 0 spiro atoms. The molecule has 0 amide bonds. The predicted molar refractivity (Wildman–Crippen MR) is 77.9 cm³/mol. The molecule has 0 N–H and O–H groups in total. The zero-order valence-electron chi connectivity index (χ0n) is 13.2. The second-order valence-electron chi connectivity index (χ2n) is 6.92. The van der Waals surface area contributed by atoms with Crippen molar-refractivity contribution in [2.45, 2.75) is 52.2 Å². The van der Waals surface area contributed by atoms with Gasteiger partial charge in [0.15, 0.2) is 0 Å². The molecular weight excluding hydrogens is 256 g/mol. The fourth-order valence-corrected chi connectivity index (χ4v) is 3.09. The van der Waals surface area contributed by atoms with Crippen LogP contribution in [0.3, 0.4) is 0 Å². The highest BCUT2D eigenvalue weighted by Gasteiger charge is 2.36. The summed E-state index contributed by atoms with van der Waals surface area (Å²) in [5, 5.41) is 0. The van der Waals surface area contributed by atoms with Gasteiger partial charge >= 0.3 is 0 Å². The van der Waals surface area contributed by atoms with Gasteiger partial charge in [-0.25, -0.2) is 0 Å². The highest BCUT2D eigenvalue weighted by atomic mass is 16.6. The van der Waals surface area contributed by atoms with Gasteiger partial charge in [0, 0.05) is 0 Å². The van der Waals surface area contributed by atoms with E-state index in [1.165, 1.54) is 6.42 Å². The Hall–Kier alpha value is -0.160. The minimum atomic E-state index is 0.205. The molecule has 4 heteroatoms. The van der Waals surface area contributed by atoms with Crippen LogP contribution in [0.2, 0.25) is 0 Å². The zero-order chi connectivity index (χ0) is 14.4. The van der Waals surface area contributed by atoms with Crippen LogP contribution >= 0.6 is 0 Å². The average molecular weight is 286 g/mol. The molecule has 1 heterocycles. The number of hydrogen-bond acceptors (Lipinski definition) is 4. The Labute approximate surface area is 123 Å². The highest BCUT2D eigenvalue weighted by molar-refractivity contribution is 4.87. The van der Waals surface area contributed by atoms with Crippen molar-refractivity contribution in [3.63, 3.8) is 0 Å². The van der Waals surface area contributed by atoms with Crippen LogP contribution in [-0.4, -0.2) is 51.8 Å². The summed E-state index contributed by atoms with van der Waals surface area (Å²) in [5.74, 6) is 0.706. The Morgan fingerprint density at radius 3 is 1.85 bits per heavy atom. The number of rotatable bonds is 0. The summed E-state index contributed by atoms with van der Waals surface area (Å²) in [7, 11) is 0. The van der Waals surface area contributed by atoms with Gasteiger partial charge in [0.05, 0.1) is 51.8 Å². The van der Waals surface area contributed by atoms with E-state index in [0.29, 0.717) is 51.0 Å². The van der Waals surface area contributed by atoms with Gasteiger partial charge in [-0.3, -0.25) is 0 Å². The molecule has 0 aromatic carbocycles. The van der Waals surface area contributed by atoms with Gasteiger partial charge in [-0.15, -0.1) is 0 Å². The van der Waals surface area contributed by atoms with E-state index in [4.69, 9.17) is 18.9 Å². The van der Waals surface area contributed by atoms with Crippen LogP contribution in [0.4, 0.5) is 0 Å². The molecule has 0 bridgehead atoms. The molecule has 0 radical (unpaired) electrons. The van der Waals surface area contributed by atoms with E-state index in [1.54, 1.807) is 0 Å². The Morgan fingerprint density at radius 2 is 1.25 bits per heavy atom. The first kappa shape index (κ1) is 16.2. The van der Waals surface area contributed by atoms with Crippen molar-refractivity contribution in [2.24, 2.45) is 11.3 Å². The first-order valence-corrected chi connectivity index (χ1v) is 7.96. The third-order valence-corrected chi connectivity index (χ3v) is 4.45. The molecule has 0 unspecified atom stereocenters. The van der Waals surface area contributed by atoms with Crippen LogP contribution in [-0.2, 0) is 18.9 Å². The SMILES string of the molecule is CC(C)(C)[C@@H]1CC[C@@H]2OCCOCCOCCO[C@@H]2C1. The summed E-state index contributed by atoms with van der Waals surface area (Å²) >= 11 is 0. The van der Waals surface area contributed by atoms with Crippen molar-refractivity contribution in [1.29, 1.82) is 0 Å². The van der Waals surface area contributed by atoms with Crippen molar-refractivity contribution < 1.29 is 18.9 Å². The third kappa shape index (κ3) is 4.99. The fourth-order valence-electron chi connectivity index (χ4n) is 3.09. The van der Waals surface area contributed by atoms with Crippen molar-refractivity contribution in [1.82, 2.24) is 0 Å². The van der Waals surface area contributed by atoms with Gasteiger partial charge in [0.2, 0.25) is 0 Å². The molecule has 20 heavy (non-hydrogen) atoms. The van der Waals surface area contributed by atoms with Crippen LogP contribution in [0.25, 0.3) is 0 Å². The zero-order valence-corrected chi connectivity index (χ0v) is 13.2. The van der Waals surface area contributed by atoms with E-state index in [0.717, 1.165) is 12.8 Å². The van der Waals surface area contributed by atoms with E-state index < -0.39 is 0 Å². The van der Waals surface area contributed by atoms with Crippen LogP contribution < -0.4 is 0 Å². The lowest BCUT2D eigenvalue weighted by Crippen LogP contribution is -2.42. The predicted octanol–water partition coefficient (Wildman–Crippen LogP) is 2.65. The molecule has 0 aromatic heterocycles. The smallest absolute Gasteiger partial charge is 0.0840 e. The minimum absolute atomic E-state index is 0.205. The minimum Gasteiger partial charge on any atom is -0.377 e. The van der Waals surface area contributed by atoms with Crippen LogP contribution in [0.15, 0.2) is 0 Å².